The maximum Gasteiger partial charge on any atom is 0.379 e. The number of ether oxygens (including phenoxy) is 1. The largest absolute Gasteiger partial charge is 0.460 e. The number of Topliss-reactive ketones (excluding diaryl/α,β-unsaturated/α-hetero) is 1. The molecule has 5 heteroatoms. The molecule has 0 radical (unpaired) electrons. The molecule has 1 heterocycles. The number of hydrogen-bond acceptors (Lipinski definition) is 4. The quantitative estimate of drug-likeness (QED) is 0.486. The Labute approximate surface area is 117 Å². The normalized spacial score (nSPS) is 10.3. The molecule has 0 atom stereocenters. The van der Waals surface area contributed by atoms with Crippen LogP contribution in [0.5, 0.6) is 0 Å². The summed E-state index contributed by atoms with van der Waals surface area (Å²) >= 11 is 0. The summed E-state index contributed by atoms with van der Waals surface area (Å²) in [6.45, 7) is 5.31. The molecule has 0 fully saturated rings. The maximum atomic E-state index is 12.1. The molecule has 0 saturated heterocycles. The van der Waals surface area contributed by atoms with Crippen molar-refractivity contribution in [3.63, 3.8) is 0 Å². The van der Waals surface area contributed by atoms with Crippen LogP contribution in [0, 0.1) is 13.8 Å². The Morgan fingerprint density at radius 1 is 1.20 bits per heavy atom. The molecule has 0 aliphatic carbocycles. The van der Waals surface area contributed by atoms with Crippen molar-refractivity contribution in [2.75, 3.05) is 6.61 Å². The zero-order valence-corrected chi connectivity index (χ0v) is 11.7. The van der Waals surface area contributed by atoms with Gasteiger partial charge in [0.25, 0.3) is 5.78 Å². The fraction of sp³-hybridized carbons (Fsp3) is 0.267. The number of aryl methyl sites for hydroxylation is 1. The van der Waals surface area contributed by atoms with Gasteiger partial charge in [0.05, 0.1) is 29.2 Å². The highest BCUT2D eigenvalue weighted by molar-refractivity contribution is 6.41. The Kier molecular flexibility index (Phi) is 3.98. The molecule has 0 saturated carbocycles. The molecule has 5 nitrogen and oxygen atoms in total. The van der Waals surface area contributed by atoms with Crippen LogP contribution in [0.15, 0.2) is 30.3 Å². The number of aromatic nitrogens is 2. The summed E-state index contributed by atoms with van der Waals surface area (Å²) < 4.78 is 6.41. The van der Waals surface area contributed by atoms with Crippen molar-refractivity contribution in [1.82, 2.24) is 9.78 Å². The molecule has 1 aromatic heterocycles. The van der Waals surface area contributed by atoms with E-state index < -0.39 is 11.8 Å². The van der Waals surface area contributed by atoms with Crippen molar-refractivity contribution >= 4 is 11.8 Å². The number of esters is 1. The average molecular weight is 272 g/mol. The lowest BCUT2D eigenvalue weighted by Crippen LogP contribution is -2.19. The van der Waals surface area contributed by atoms with Gasteiger partial charge in [-0.05, 0) is 32.9 Å². The van der Waals surface area contributed by atoms with Crippen molar-refractivity contribution < 1.29 is 14.3 Å². The third-order valence-corrected chi connectivity index (χ3v) is 2.98. The lowest BCUT2D eigenvalue weighted by Gasteiger charge is -2.04. The van der Waals surface area contributed by atoms with Crippen LogP contribution in [0.4, 0.5) is 0 Å². The van der Waals surface area contributed by atoms with Crippen molar-refractivity contribution in [2.24, 2.45) is 0 Å². The van der Waals surface area contributed by atoms with Crippen molar-refractivity contribution in [3.05, 3.63) is 47.3 Å². The van der Waals surface area contributed by atoms with Gasteiger partial charge < -0.3 is 4.74 Å². The van der Waals surface area contributed by atoms with Crippen molar-refractivity contribution in [1.29, 1.82) is 0 Å². The average Bonchev–Trinajstić information content (AvgIpc) is 2.74. The van der Waals surface area contributed by atoms with Crippen LogP contribution >= 0.6 is 0 Å². The van der Waals surface area contributed by atoms with Gasteiger partial charge >= 0.3 is 5.97 Å². The maximum absolute atomic E-state index is 12.1. The summed E-state index contributed by atoms with van der Waals surface area (Å²) in [7, 11) is 0. The van der Waals surface area contributed by atoms with E-state index in [9.17, 15) is 9.59 Å². The highest BCUT2D eigenvalue weighted by Gasteiger charge is 2.25. The second-order valence-corrected chi connectivity index (χ2v) is 4.34. The molecule has 2 rings (SSSR count). The number of benzene rings is 1. The first-order valence-corrected chi connectivity index (χ1v) is 6.39. The van der Waals surface area contributed by atoms with Crippen molar-refractivity contribution in [2.45, 2.75) is 20.8 Å². The van der Waals surface area contributed by atoms with E-state index in [1.807, 2.05) is 30.3 Å². The number of carbonyl (C=O) groups excluding carboxylic acids is 2. The van der Waals surface area contributed by atoms with E-state index in [0.717, 1.165) is 5.69 Å². The van der Waals surface area contributed by atoms with Crippen LogP contribution in [0.1, 0.15) is 28.7 Å². The van der Waals surface area contributed by atoms with Gasteiger partial charge in [-0.25, -0.2) is 9.48 Å². The lowest BCUT2D eigenvalue weighted by molar-refractivity contribution is -0.137. The Bertz CT molecular complexity index is 645. The Balaban J connectivity index is 2.45. The van der Waals surface area contributed by atoms with Gasteiger partial charge in [0.15, 0.2) is 0 Å². The SMILES string of the molecule is CCOC(=O)C(=O)c1c(C)nn(-c2ccccc2)c1C. The molecule has 2 aromatic rings. The summed E-state index contributed by atoms with van der Waals surface area (Å²) in [4.78, 5) is 23.7. The summed E-state index contributed by atoms with van der Waals surface area (Å²) in [5.41, 5.74) is 2.31. The van der Waals surface area contributed by atoms with Gasteiger partial charge in [-0.3, -0.25) is 4.79 Å². The van der Waals surface area contributed by atoms with E-state index in [1.54, 1.807) is 25.5 Å². The number of ketones is 1. The van der Waals surface area contributed by atoms with E-state index in [0.29, 0.717) is 17.0 Å². The standard InChI is InChI=1S/C15H16N2O3/c1-4-20-15(19)14(18)13-10(2)16-17(11(13)3)12-8-6-5-7-9-12/h5-9H,4H2,1-3H3. The molecule has 0 N–H and O–H groups in total. The van der Waals surface area contributed by atoms with Crippen LogP contribution in [0.3, 0.4) is 0 Å². The molecule has 104 valence electrons. The lowest BCUT2D eigenvalue weighted by atomic mass is 10.1. The number of rotatable bonds is 4. The van der Waals surface area contributed by atoms with E-state index in [4.69, 9.17) is 4.74 Å². The van der Waals surface area contributed by atoms with E-state index in [-0.39, 0.29) is 6.61 Å². The Morgan fingerprint density at radius 3 is 2.45 bits per heavy atom. The molecule has 0 aliphatic rings. The Morgan fingerprint density at radius 2 is 1.85 bits per heavy atom. The second-order valence-electron chi connectivity index (χ2n) is 4.34. The topological polar surface area (TPSA) is 61.2 Å². The van der Waals surface area contributed by atoms with Crippen LogP contribution in [-0.4, -0.2) is 28.1 Å². The van der Waals surface area contributed by atoms with Crippen LogP contribution in [-0.2, 0) is 9.53 Å². The molecule has 0 unspecified atom stereocenters. The predicted octanol–water partition coefficient (Wildman–Crippen LogP) is 2.23. The number of hydrogen-bond donors (Lipinski definition) is 0. The highest BCUT2D eigenvalue weighted by Crippen LogP contribution is 2.18. The van der Waals surface area contributed by atoms with Crippen LogP contribution in [0.2, 0.25) is 0 Å². The summed E-state index contributed by atoms with van der Waals surface area (Å²) in [6, 6.07) is 9.45. The van der Waals surface area contributed by atoms with Gasteiger partial charge in [0.1, 0.15) is 0 Å². The molecular formula is C15H16N2O3. The van der Waals surface area contributed by atoms with E-state index >= 15 is 0 Å². The summed E-state index contributed by atoms with van der Waals surface area (Å²) in [5.74, 6) is -1.49. The van der Waals surface area contributed by atoms with Crippen LogP contribution < -0.4 is 0 Å². The number of carbonyl (C=O) groups is 2. The van der Waals surface area contributed by atoms with E-state index in [2.05, 4.69) is 5.10 Å². The first kappa shape index (κ1) is 14.0. The second kappa shape index (κ2) is 5.69. The summed E-state index contributed by atoms with van der Waals surface area (Å²) in [6.07, 6.45) is 0. The third-order valence-electron chi connectivity index (χ3n) is 2.98. The number of nitrogens with zero attached hydrogens (tertiary/aromatic N) is 2. The first-order valence-electron chi connectivity index (χ1n) is 6.39. The minimum atomic E-state index is -0.841. The molecule has 0 amide bonds. The molecule has 1 aromatic carbocycles. The highest BCUT2D eigenvalue weighted by atomic mass is 16.5. The fourth-order valence-corrected chi connectivity index (χ4v) is 2.09. The van der Waals surface area contributed by atoms with Crippen LogP contribution in [0.25, 0.3) is 5.69 Å². The minimum Gasteiger partial charge on any atom is -0.460 e. The van der Waals surface area contributed by atoms with Gasteiger partial charge in [-0.1, -0.05) is 18.2 Å². The molecule has 0 aliphatic heterocycles. The third kappa shape index (κ3) is 2.47. The smallest absolute Gasteiger partial charge is 0.379 e. The molecular weight excluding hydrogens is 256 g/mol. The van der Waals surface area contributed by atoms with Gasteiger partial charge in [-0.2, -0.15) is 5.10 Å². The van der Waals surface area contributed by atoms with Gasteiger partial charge in [0, 0.05) is 0 Å². The molecule has 0 bridgehead atoms. The van der Waals surface area contributed by atoms with E-state index in [1.165, 1.54) is 0 Å². The van der Waals surface area contributed by atoms with Gasteiger partial charge in [-0.15, -0.1) is 0 Å². The number of para-hydroxylation sites is 1. The fourth-order valence-electron chi connectivity index (χ4n) is 2.09. The first-order chi connectivity index (χ1) is 9.56. The van der Waals surface area contributed by atoms with Crippen molar-refractivity contribution in [3.8, 4) is 5.69 Å². The molecule has 20 heavy (non-hydrogen) atoms. The summed E-state index contributed by atoms with van der Waals surface area (Å²) in [5, 5.41) is 4.33. The van der Waals surface area contributed by atoms with Gasteiger partial charge in [0.2, 0.25) is 0 Å². The zero-order valence-electron chi connectivity index (χ0n) is 11.7. The molecule has 0 spiro atoms. The zero-order chi connectivity index (χ0) is 14.7. The minimum absolute atomic E-state index is 0.176. The Hall–Kier alpha value is -2.43. The predicted molar refractivity (Wildman–Crippen MR) is 74.0 cm³/mol. The monoisotopic (exact) mass is 272 g/mol.